The summed E-state index contributed by atoms with van der Waals surface area (Å²) in [5.74, 6) is 0.839. The highest BCUT2D eigenvalue weighted by atomic mass is 35.5. The zero-order valence-corrected chi connectivity index (χ0v) is 19.8. The average molecular weight is 487 g/mol. The molecule has 6 nitrogen and oxygen atoms in total. The number of rotatable bonds is 5. The lowest BCUT2D eigenvalue weighted by molar-refractivity contribution is 0.215. The van der Waals surface area contributed by atoms with E-state index in [0.29, 0.717) is 37.9 Å². The van der Waals surface area contributed by atoms with Gasteiger partial charge < -0.3 is 8.97 Å². The molecule has 1 fully saturated rings. The van der Waals surface area contributed by atoms with Crippen LogP contribution >= 0.6 is 23.2 Å². The number of hydrogen-bond donors (Lipinski definition) is 0. The Hall–Kier alpha value is -2.32. The summed E-state index contributed by atoms with van der Waals surface area (Å²) in [6.45, 7) is 2.12. The molecule has 4 aromatic rings. The zero-order chi connectivity index (χ0) is 22.5. The van der Waals surface area contributed by atoms with Crippen molar-refractivity contribution in [3.05, 3.63) is 64.5 Å². The van der Waals surface area contributed by atoms with Crippen molar-refractivity contribution in [2.75, 3.05) is 6.26 Å². The van der Waals surface area contributed by atoms with Crippen LogP contribution in [0, 0.1) is 0 Å². The lowest BCUT2D eigenvalue weighted by atomic mass is 9.70. The Morgan fingerprint density at radius 2 is 1.78 bits per heavy atom. The first-order valence-corrected chi connectivity index (χ1v) is 12.5. The van der Waals surface area contributed by atoms with Gasteiger partial charge in [0.1, 0.15) is 11.9 Å². The molecule has 1 unspecified atom stereocenters. The predicted molar refractivity (Wildman–Crippen MR) is 126 cm³/mol. The van der Waals surface area contributed by atoms with E-state index in [1.54, 1.807) is 29.1 Å². The van der Waals surface area contributed by atoms with E-state index >= 15 is 0 Å². The number of para-hydroxylation sites is 1. The van der Waals surface area contributed by atoms with E-state index in [1.165, 1.54) is 0 Å². The van der Waals surface area contributed by atoms with Gasteiger partial charge in [0.2, 0.25) is 16.5 Å². The molecule has 1 aliphatic rings. The molecule has 2 heterocycles. The van der Waals surface area contributed by atoms with Crippen LogP contribution in [0.3, 0.4) is 0 Å². The predicted octanol–water partition coefficient (Wildman–Crippen LogP) is 6.08. The van der Waals surface area contributed by atoms with E-state index in [9.17, 15) is 4.55 Å². The van der Waals surface area contributed by atoms with Gasteiger partial charge in [0, 0.05) is 16.0 Å². The Kier molecular flexibility index (Phi) is 5.53. The number of hydrogen-bond acceptors (Lipinski definition) is 5. The highest BCUT2D eigenvalue weighted by Crippen LogP contribution is 2.44. The van der Waals surface area contributed by atoms with Crippen molar-refractivity contribution in [1.29, 1.82) is 0 Å². The molecule has 0 N–H and O–H groups in total. The number of aromatic nitrogens is 4. The van der Waals surface area contributed by atoms with Crippen LogP contribution in [0.1, 0.15) is 32.1 Å². The standard InChI is InChI=1S/C23H20Cl2N4O2S/c1-23(12-5-13-23)22-27-26-21(31-22)18-20(32(2)30)19(14-8-10-15(24)11-9-14)29(28-18)17-7-4-3-6-16(17)25/h3-4,6-11H,5,12-13H2,1-2H3. The van der Waals surface area contributed by atoms with Crippen LogP contribution in [0.5, 0.6) is 0 Å². The van der Waals surface area contributed by atoms with Gasteiger partial charge in [-0.2, -0.15) is 5.10 Å². The third-order valence-corrected chi connectivity index (χ3v) is 7.46. The molecule has 1 aliphatic carbocycles. The molecule has 2 aromatic heterocycles. The van der Waals surface area contributed by atoms with Crippen LogP contribution in [0.2, 0.25) is 10.0 Å². The summed E-state index contributed by atoms with van der Waals surface area (Å²) >= 11 is 11.2. The van der Waals surface area contributed by atoms with Gasteiger partial charge in [-0.1, -0.05) is 60.8 Å². The summed E-state index contributed by atoms with van der Waals surface area (Å²) < 4.78 is 20.8. The normalized spacial score (nSPS) is 16.0. The largest absolute Gasteiger partial charge is 0.612 e. The molecule has 0 aliphatic heterocycles. The SMILES string of the molecule is C[S+]([O-])c1c(-c2nnc(C3(C)CCC3)o2)nn(-c2ccccc2Cl)c1-c1ccc(Cl)cc1. The van der Waals surface area contributed by atoms with Crippen molar-refractivity contribution in [3.8, 4) is 28.5 Å². The molecule has 0 amide bonds. The fraction of sp³-hybridized carbons (Fsp3) is 0.261. The second-order valence-corrected chi connectivity index (χ2v) is 10.3. The Morgan fingerprint density at radius 1 is 1.06 bits per heavy atom. The summed E-state index contributed by atoms with van der Waals surface area (Å²) in [5, 5.41) is 14.5. The van der Waals surface area contributed by atoms with Crippen LogP contribution in [0.4, 0.5) is 0 Å². The van der Waals surface area contributed by atoms with Crippen molar-refractivity contribution in [2.45, 2.75) is 36.5 Å². The van der Waals surface area contributed by atoms with Crippen LogP contribution < -0.4 is 0 Å². The Labute approximate surface area is 198 Å². The highest BCUT2D eigenvalue weighted by Gasteiger charge is 2.40. The van der Waals surface area contributed by atoms with Gasteiger partial charge in [-0.05, 0) is 48.3 Å². The summed E-state index contributed by atoms with van der Waals surface area (Å²) in [5.41, 5.74) is 2.37. The molecule has 0 saturated heterocycles. The van der Waals surface area contributed by atoms with Crippen molar-refractivity contribution < 1.29 is 8.97 Å². The number of halogens is 2. The zero-order valence-electron chi connectivity index (χ0n) is 17.5. The van der Waals surface area contributed by atoms with Gasteiger partial charge in [0.25, 0.3) is 5.89 Å². The lowest BCUT2D eigenvalue weighted by Gasteiger charge is -2.34. The van der Waals surface area contributed by atoms with Crippen molar-refractivity contribution in [3.63, 3.8) is 0 Å². The molecular formula is C23H20Cl2N4O2S. The van der Waals surface area contributed by atoms with Gasteiger partial charge in [0.05, 0.1) is 10.7 Å². The smallest absolute Gasteiger partial charge is 0.273 e. The van der Waals surface area contributed by atoms with Crippen molar-refractivity contribution >= 4 is 34.4 Å². The van der Waals surface area contributed by atoms with Crippen molar-refractivity contribution in [1.82, 2.24) is 20.0 Å². The Balaban J connectivity index is 1.75. The minimum atomic E-state index is -1.40. The van der Waals surface area contributed by atoms with Gasteiger partial charge in [-0.15, -0.1) is 10.2 Å². The van der Waals surface area contributed by atoms with Crippen LogP contribution in [0.25, 0.3) is 28.5 Å². The molecule has 164 valence electrons. The van der Waals surface area contributed by atoms with Gasteiger partial charge >= 0.3 is 0 Å². The first-order valence-electron chi connectivity index (χ1n) is 10.2. The van der Waals surface area contributed by atoms with Gasteiger partial charge in [0.15, 0.2) is 0 Å². The molecule has 2 aromatic carbocycles. The second-order valence-electron chi connectivity index (χ2n) is 8.18. The molecule has 1 atom stereocenters. The molecule has 32 heavy (non-hydrogen) atoms. The topological polar surface area (TPSA) is 79.8 Å². The molecular weight excluding hydrogens is 467 g/mol. The van der Waals surface area contributed by atoms with E-state index in [1.807, 2.05) is 30.3 Å². The number of benzene rings is 2. The van der Waals surface area contributed by atoms with Crippen LogP contribution in [0.15, 0.2) is 57.8 Å². The van der Waals surface area contributed by atoms with E-state index in [4.69, 9.17) is 32.7 Å². The quantitative estimate of drug-likeness (QED) is 0.319. The van der Waals surface area contributed by atoms with Crippen LogP contribution in [-0.4, -0.2) is 30.8 Å². The average Bonchev–Trinajstić information content (AvgIpc) is 3.38. The molecule has 5 rings (SSSR count). The monoisotopic (exact) mass is 486 g/mol. The molecule has 0 bridgehead atoms. The first-order chi connectivity index (χ1) is 15.4. The molecule has 9 heteroatoms. The maximum Gasteiger partial charge on any atom is 0.273 e. The van der Waals surface area contributed by atoms with Crippen LogP contribution in [-0.2, 0) is 16.6 Å². The maximum absolute atomic E-state index is 13.0. The summed E-state index contributed by atoms with van der Waals surface area (Å²) in [7, 11) is 0. The molecule has 0 radical (unpaired) electrons. The van der Waals surface area contributed by atoms with E-state index in [0.717, 1.165) is 24.8 Å². The maximum atomic E-state index is 13.0. The van der Waals surface area contributed by atoms with Crippen molar-refractivity contribution in [2.24, 2.45) is 0 Å². The molecule has 1 saturated carbocycles. The number of nitrogens with zero attached hydrogens (tertiary/aromatic N) is 4. The molecule has 0 spiro atoms. The minimum Gasteiger partial charge on any atom is -0.612 e. The third kappa shape index (κ3) is 3.63. The van der Waals surface area contributed by atoms with E-state index < -0.39 is 11.2 Å². The fourth-order valence-electron chi connectivity index (χ4n) is 3.96. The first kappa shape index (κ1) is 21.5. The summed E-state index contributed by atoms with van der Waals surface area (Å²) in [4.78, 5) is 0.501. The Morgan fingerprint density at radius 3 is 2.41 bits per heavy atom. The lowest BCUT2D eigenvalue weighted by Crippen LogP contribution is -2.30. The summed E-state index contributed by atoms with van der Waals surface area (Å²) in [6, 6.07) is 14.7. The second kappa shape index (κ2) is 8.23. The van der Waals surface area contributed by atoms with E-state index in [2.05, 4.69) is 17.1 Å². The summed E-state index contributed by atoms with van der Waals surface area (Å²) in [6.07, 6.45) is 4.76. The van der Waals surface area contributed by atoms with Gasteiger partial charge in [-0.25, -0.2) is 4.68 Å². The minimum absolute atomic E-state index is 0.110. The van der Waals surface area contributed by atoms with E-state index in [-0.39, 0.29) is 11.3 Å². The highest BCUT2D eigenvalue weighted by molar-refractivity contribution is 7.91. The Bertz CT molecular complexity index is 1280. The fourth-order valence-corrected chi connectivity index (χ4v) is 5.18. The van der Waals surface area contributed by atoms with Gasteiger partial charge in [-0.3, -0.25) is 0 Å². The third-order valence-electron chi connectivity index (χ3n) is 5.93.